The van der Waals surface area contributed by atoms with E-state index in [2.05, 4.69) is 24.5 Å². The lowest BCUT2D eigenvalue weighted by molar-refractivity contribution is -0.146. The Hall–Kier alpha value is -3.88. The largest absolute Gasteiger partial charge is 0.444 e. The molecule has 2 aromatic carbocycles. The van der Waals surface area contributed by atoms with Gasteiger partial charge in [0.1, 0.15) is 17.7 Å². The molecule has 9 nitrogen and oxygen atoms in total. The SMILES string of the molecule is Cc1cccc(C)c1C(C(=O)NCc1ccccc1)N(C(=O)C(CC(N)=O)NC(=O)OC(C)(C)C)C(C)CCC(C)C. The number of nitrogens with two attached hydrogens (primary N) is 1. The molecule has 0 bridgehead atoms. The van der Waals surface area contributed by atoms with Crippen molar-refractivity contribution in [1.82, 2.24) is 15.5 Å². The normalized spacial score (nSPS) is 13.5. The molecule has 0 radical (unpaired) electrons. The standard InChI is InChI=1S/C33H48N4O5/c1-21(2)17-18-24(5)37(31(40)26(19-27(34)38)36-32(41)42-33(6,7)8)29(28-22(3)13-12-14-23(28)4)30(39)35-20-25-15-10-9-11-16-25/h9-16,21,24,26,29H,17-20H2,1-8H3,(H2,34,38)(H,35,39)(H,36,41). The number of hydrogen-bond donors (Lipinski definition) is 3. The second-order valence-electron chi connectivity index (χ2n) is 12.3. The number of carbonyl (C=O) groups excluding carboxylic acids is 4. The first kappa shape index (κ1) is 34.3. The van der Waals surface area contributed by atoms with E-state index in [1.807, 2.05) is 69.3 Å². The minimum Gasteiger partial charge on any atom is -0.444 e. The first-order chi connectivity index (χ1) is 19.6. The van der Waals surface area contributed by atoms with Crippen molar-refractivity contribution in [3.8, 4) is 0 Å². The highest BCUT2D eigenvalue weighted by Crippen LogP contribution is 2.32. The van der Waals surface area contributed by atoms with Crippen LogP contribution in [0.2, 0.25) is 0 Å². The van der Waals surface area contributed by atoms with Crippen molar-refractivity contribution in [2.45, 2.75) is 105 Å². The third-order valence-electron chi connectivity index (χ3n) is 6.94. The smallest absolute Gasteiger partial charge is 0.408 e. The first-order valence-electron chi connectivity index (χ1n) is 14.6. The lowest BCUT2D eigenvalue weighted by atomic mass is 9.91. The minimum atomic E-state index is -1.33. The van der Waals surface area contributed by atoms with Crippen molar-refractivity contribution in [2.24, 2.45) is 11.7 Å². The number of hydrogen-bond acceptors (Lipinski definition) is 5. The van der Waals surface area contributed by atoms with E-state index in [1.54, 1.807) is 20.8 Å². The van der Waals surface area contributed by atoms with Gasteiger partial charge in [-0.05, 0) is 82.6 Å². The van der Waals surface area contributed by atoms with Gasteiger partial charge < -0.3 is 26.0 Å². The number of benzene rings is 2. The fraction of sp³-hybridized carbons (Fsp3) is 0.515. The van der Waals surface area contributed by atoms with Gasteiger partial charge >= 0.3 is 6.09 Å². The number of rotatable bonds is 13. The van der Waals surface area contributed by atoms with Gasteiger partial charge in [-0.15, -0.1) is 0 Å². The second-order valence-corrected chi connectivity index (χ2v) is 12.3. The van der Waals surface area contributed by atoms with Crippen LogP contribution in [0, 0.1) is 19.8 Å². The van der Waals surface area contributed by atoms with E-state index < -0.39 is 48.1 Å². The number of alkyl carbamates (subject to hydrolysis) is 1. The zero-order valence-corrected chi connectivity index (χ0v) is 26.3. The molecule has 4 amide bonds. The van der Waals surface area contributed by atoms with Gasteiger partial charge in [-0.25, -0.2) is 4.79 Å². The number of carbonyl (C=O) groups is 4. The number of ether oxygens (including phenoxy) is 1. The van der Waals surface area contributed by atoms with Crippen LogP contribution in [0.3, 0.4) is 0 Å². The highest BCUT2D eigenvalue weighted by molar-refractivity contribution is 5.95. The van der Waals surface area contributed by atoms with E-state index in [-0.39, 0.29) is 12.5 Å². The van der Waals surface area contributed by atoms with Crippen LogP contribution in [0.4, 0.5) is 4.79 Å². The Bertz CT molecular complexity index is 1200. The Morgan fingerprint density at radius 3 is 2.02 bits per heavy atom. The predicted octanol–water partition coefficient (Wildman–Crippen LogP) is 5.08. The van der Waals surface area contributed by atoms with E-state index in [9.17, 15) is 19.2 Å². The van der Waals surface area contributed by atoms with Crippen molar-refractivity contribution in [3.63, 3.8) is 0 Å². The molecule has 2 rings (SSSR count). The molecule has 0 spiro atoms. The number of amides is 4. The fourth-order valence-corrected chi connectivity index (χ4v) is 4.88. The summed E-state index contributed by atoms with van der Waals surface area (Å²) < 4.78 is 5.39. The van der Waals surface area contributed by atoms with Gasteiger partial charge in [0.25, 0.3) is 0 Å². The summed E-state index contributed by atoms with van der Waals surface area (Å²) in [5.74, 6) is -1.36. The lowest BCUT2D eigenvalue weighted by Gasteiger charge is -2.39. The topological polar surface area (TPSA) is 131 Å². The van der Waals surface area contributed by atoms with Gasteiger partial charge in [0.15, 0.2) is 0 Å². The third kappa shape index (κ3) is 10.5. The van der Waals surface area contributed by atoms with Crippen LogP contribution in [-0.2, 0) is 25.7 Å². The molecule has 2 aromatic rings. The molecule has 0 aliphatic carbocycles. The lowest BCUT2D eigenvalue weighted by Crippen LogP contribution is -2.56. The van der Waals surface area contributed by atoms with Crippen LogP contribution in [0.25, 0.3) is 0 Å². The van der Waals surface area contributed by atoms with E-state index in [0.717, 1.165) is 23.1 Å². The summed E-state index contributed by atoms with van der Waals surface area (Å²) in [7, 11) is 0. The van der Waals surface area contributed by atoms with Crippen LogP contribution >= 0.6 is 0 Å². The Morgan fingerprint density at radius 1 is 0.905 bits per heavy atom. The highest BCUT2D eigenvalue weighted by Gasteiger charge is 2.40. The first-order valence-corrected chi connectivity index (χ1v) is 14.6. The summed E-state index contributed by atoms with van der Waals surface area (Å²) in [5, 5.41) is 5.57. The van der Waals surface area contributed by atoms with Gasteiger partial charge in [0.05, 0.1) is 6.42 Å². The summed E-state index contributed by atoms with van der Waals surface area (Å²) in [5.41, 5.74) is 8.00. The van der Waals surface area contributed by atoms with Crippen LogP contribution < -0.4 is 16.4 Å². The fourth-order valence-electron chi connectivity index (χ4n) is 4.88. The number of aryl methyl sites for hydroxylation is 2. The molecule has 0 heterocycles. The third-order valence-corrected chi connectivity index (χ3v) is 6.94. The summed E-state index contributed by atoms with van der Waals surface area (Å²) in [6.07, 6.45) is 0.105. The molecular formula is C33H48N4O5. The zero-order valence-electron chi connectivity index (χ0n) is 26.3. The van der Waals surface area contributed by atoms with Crippen molar-refractivity contribution in [2.75, 3.05) is 0 Å². The summed E-state index contributed by atoms with van der Waals surface area (Å²) in [4.78, 5) is 55.0. The maximum atomic E-state index is 14.5. The van der Waals surface area contributed by atoms with Crippen LogP contribution in [0.15, 0.2) is 48.5 Å². The van der Waals surface area contributed by atoms with E-state index >= 15 is 0 Å². The molecule has 0 fully saturated rings. The van der Waals surface area contributed by atoms with Crippen LogP contribution in [-0.4, -0.2) is 46.4 Å². The molecule has 0 aliphatic heterocycles. The number of nitrogens with one attached hydrogen (secondary N) is 2. The Kier molecular flexibility index (Phi) is 12.6. The Morgan fingerprint density at radius 2 is 1.50 bits per heavy atom. The quantitative estimate of drug-likeness (QED) is 0.304. The average molecular weight is 581 g/mol. The summed E-state index contributed by atoms with van der Waals surface area (Å²) >= 11 is 0. The van der Waals surface area contributed by atoms with Gasteiger partial charge in [-0.3, -0.25) is 14.4 Å². The molecule has 3 unspecified atom stereocenters. The van der Waals surface area contributed by atoms with E-state index in [1.165, 1.54) is 4.90 Å². The van der Waals surface area contributed by atoms with Crippen molar-refractivity contribution in [3.05, 3.63) is 70.8 Å². The van der Waals surface area contributed by atoms with Crippen molar-refractivity contribution < 1.29 is 23.9 Å². The monoisotopic (exact) mass is 580 g/mol. The van der Waals surface area contributed by atoms with Crippen molar-refractivity contribution >= 4 is 23.8 Å². The maximum Gasteiger partial charge on any atom is 0.408 e. The molecular weight excluding hydrogens is 532 g/mol. The van der Waals surface area contributed by atoms with E-state index in [0.29, 0.717) is 17.9 Å². The molecule has 0 aromatic heterocycles. The molecule has 0 saturated carbocycles. The number of primary amides is 1. The average Bonchev–Trinajstić information content (AvgIpc) is 2.88. The predicted molar refractivity (Wildman–Crippen MR) is 164 cm³/mol. The number of nitrogens with zero attached hydrogens (tertiary/aromatic N) is 1. The maximum absolute atomic E-state index is 14.5. The van der Waals surface area contributed by atoms with Gasteiger partial charge in [-0.1, -0.05) is 62.4 Å². The van der Waals surface area contributed by atoms with Gasteiger partial charge in [0, 0.05) is 12.6 Å². The highest BCUT2D eigenvalue weighted by atomic mass is 16.6. The molecule has 0 saturated heterocycles. The molecule has 230 valence electrons. The van der Waals surface area contributed by atoms with Gasteiger partial charge in [0.2, 0.25) is 17.7 Å². The van der Waals surface area contributed by atoms with E-state index in [4.69, 9.17) is 10.5 Å². The van der Waals surface area contributed by atoms with Crippen molar-refractivity contribution in [1.29, 1.82) is 0 Å². The summed E-state index contributed by atoms with van der Waals surface area (Å²) in [6.45, 7) is 15.2. The zero-order chi connectivity index (χ0) is 31.6. The molecule has 4 N–H and O–H groups in total. The van der Waals surface area contributed by atoms with Crippen LogP contribution in [0.5, 0.6) is 0 Å². The Balaban J connectivity index is 2.64. The molecule has 3 atom stereocenters. The summed E-state index contributed by atoms with van der Waals surface area (Å²) in [6, 6.07) is 12.5. The molecule has 42 heavy (non-hydrogen) atoms. The van der Waals surface area contributed by atoms with Crippen LogP contribution in [0.1, 0.15) is 89.1 Å². The van der Waals surface area contributed by atoms with Gasteiger partial charge in [-0.2, -0.15) is 0 Å². The second kappa shape index (κ2) is 15.4. The Labute approximate surface area is 250 Å². The molecule has 9 heteroatoms. The minimum absolute atomic E-state index is 0.268. The molecule has 0 aliphatic rings.